The number of nitrogens with zero attached hydrogens (tertiary/aromatic N) is 2. The number of anilines is 1. The van der Waals surface area contributed by atoms with Crippen molar-refractivity contribution in [2.45, 2.75) is 25.2 Å². The SMILES string of the molecule is CCOc1cccc(NC(=O)c2cc3ccccc3c(N=Nc3cc(Cl)c(CC)cc3S(=O)(=O)O)c2O)c1. The molecule has 0 fully saturated rings. The largest absolute Gasteiger partial charge is 0.505 e. The first-order chi connectivity index (χ1) is 18.1. The smallest absolute Gasteiger partial charge is 0.296 e. The lowest BCUT2D eigenvalue weighted by molar-refractivity contribution is 0.102. The number of aryl methyl sites for hydroxylation is 1. The lowest BCUT2D eigenvalue weighted by atomic mass is 10.0. The maximum absolute atomic E-state index is 13.2. The molecule has 0 heterocycles. The van der Waals surface area contributed by atoms with Crippen LogP contribution >= 0.6 is 11.6 Å². The number of fused-ring (bicyclic) bond motifs is 1. The lowest BCUT2D eigenvalue weighted by Crippen LogP contribution is -2.12. The highest BCUT2D eigenvalue weighted by Gasteiger charge is 2.21. The summed E-state index contributed by atoms with van der Waals surface area (Å²) in [7, 11) is -4.65. The molecule has 0 atom stereocenters. The molecular weight excluding hydrogens is 530 g/mol. The monoisotopic (exact) mass is 553 g/mol. The van der Waals surface area contributed by atoms with Gasteiger partial charge in [0.25, 0.3) is 16.0 Å². The van der Waals surface area contributed by atoms with Gasteiger partial charge in [0.15, 0.2) is 5.75 Å². The lowest BCUT2D eigenvalue weighted by Gasteiger charge is -2.12. The number of azo groups is 1. The Labute approximate surface area is 224 Å². The summed E-state index contributed by atoms with van der Waals surface area (Å²) in [5.74, 6) is -0.493. The molecule has 0 saturated carbocycles. The maximum atomic E-state index is 13.2. The van der Waals surface area contributed by atoms with Gasteiger partial charge in [0, 0.05) is 22.2 Å². The number of amides is 1. The molecule has 1 amide bonds. The molecule has 0 aliphatic heterocycles. The van der Waals surface area contributed by atoms with E-state index in [9.17, 15) is 22.9 Å². The number of halogens is 1. The number of carbonyl (C=O) groups excluding carboxylic acids is 1. The number of phenolic OH excluding ortho intramolecular Hbond substituents is 1. The van der Waals surface area contributed by atoms with E-state index in [1.165, 1.54) is 18.2 Å². The number of hydrogen-bond acceptors (Lipinski definition) is 7. The number of benzene rings is 4. The quantitative estimate of drug-likeness (QED) is 0.157. The molecule has 11 heteroatoms. The molecule has 38 heavy (non-hydrogen) atoms. The van der Waals surface area contributed by atoms with Crippen molar-refractivity contribution in [3.8, 4) is 11.5 Å². The molecule has 0 bridgehead atoms. The second kappa shape index (κ2) is 11.2. The number of aromatic hydroxyl groups is 1. The minimum atomic E-state index is -4.65. The predicted octanol–water partition coefficient (Wildman–Crippen LogP) is 7.07. The molecule has 4 aromatic rings. The molecule has 196 valence electrons. The Morgan fingerprint density at radius 2 is 1.79 bits per heavy atom. The first-order valence-corrected chi connectivity index (χ1v) is 13.4. The summed E-state index contributed by atoms with van der Waals surface area (Å²) in [5.41, 5.74) is 0.599. The predicted molar refractivity (Wildman–Crippen MR) is 146 cm³/mol. The van der Waals surface area contributed by atoms with Crippen molar-refractivity contribution >= 4 is 55.5 Å². The van der Waals surface area contributed by atoms with E-state index < -0.39 is 26.7 Å². The molecule has 0 saturated heterocycles. The molecule has 0 radical (unpaired) electrons. The molecule has 3 N–H and O–H groups in total. The summed E-state index contributed by atoms with van der Waals surface area (Å²) in [6.45, 7) is 4.09. The van der Waals surface area contributed by atoms with Gasteiger partial charge in [-0.3, -0.25) is 9.35 Å². The Balaban J connectivity index is 1.80. The zero-order valence-electron chi connectivity index (χ0n) is 20.5. The van der Waals surface area contributed by atoms with Crippen molar-refractivity contribution in [1.82, 2.24) is 0 Å². The number of carbonyl (C=O) groups is 1. The zero-order chi connectivity index (χ0) is 27.4. The molecule has 4 rings (SSSR count). The van der Waals surface area contributed by atoms with E-state index in [1.54, 1.807) is 55.5 Å². The van der Waals surface area contributed by atoms with Crippen LogP contribution in [0.2, 0.25) is 5.02 Å². The minimum absolute atomic E-state index is 0.0618. The standard InChI is InChI=1S/C27H24ClN3O6S/c1-3-16-13-24(38(34,35)36)23(15-22(16)28)30-31-25-20-11-6-5-8-17(20)12-21(26(25)32)27(33)29-18-9-7-10-19(14-18)37-4-2/h5-15,32H,3-4H2,1-2H3,(H,29,33)(H,34,35,36). The van der Waals surface area contributed by atoms with Crippen LogP contribution in [0.5, 0.6) is 11.5 Å². The topological polar surface area (TPSA) is 138 Å². The van der Waals surface area contributed by atoms with E-state index >= 15 is 0 Å². The van der Waals surface area contributed by atoms with Crippen LogP contribution in [0.25, 0.3) is 10.8 Å². The third-order valence-corrected chi connectivity index (χ3v) is 6.92. The average Bonchev–Trinajstić information content (AvgIpc) is 2.87. The number of nitrogens with one attached hydrogen (secondary N) is 1. The second-order valence-electron chi connectivity index (χ2n) is 8.20. The van der Waals surface area contributed by atoms with Gasteiger partial charge in [0.2, 0.25) is 0 Å². The van der Waals surface area contributed by atoms with Crippen molar-refractivity contribution in [2.24, 2.45) is 10.2 Å². The highest BCUT2D eigenvalue weighted by Crippen LogP contribution is 2.41. The van der Waals surface area contributed by atoms with Crippen molar-refractivity contribution in [3.05, 3.63) is 82.9 Å². The molecule has 4 aromatic carbocycles. The number of hydrogen-bond donors (Lipinski definition) is 3. The Bertz CT molecular complexity index is 1670. The average molecular weight is 554 g/mol. The molecular formula is C27H24ClN3O6S. The molecule has 9 nitrogen and oxygen atoms in total. The van der Waals surface area contributed by atoms with Gasteiger partial charge in [0.05, 0.1) is 12.2 Å². The Morgan fingerprint density at radius 3 is 2.50 bits per heavy atom. The van der Waals surface area contributed by atoms with E-state index in [0.717, 1.165) is 0 Å². The van der Waals surface area contributed by atoms with Gasteiger partial charge in [-0.1, -0.05) is 48.9 Å². The van der Waals surface area contributed by atoms with E-state index in [0.29, 0.717) is 40.8 Å². The van der Waals surface area contributed by atoms with Gasteiger partial charge in [-0.25, -0.2) is 0 Å². The van der Waals surface area contributed by atoms with Crippen LogP contribution in [0.4, 0.5) is 17.1 Å². The summed E-state index contributed by atoms with van der Waals surface area (Å²) in [6.07, 6.45) is 0.425. The van der Waals surface area contributed by atoms with Crippen molar-refractivity contribution in [1.29, 1.82) is 0 Å². The highest BCUT2D eigenvalue weighted by atomic mass is 35.5. The molecule has 0 unspecified atom stereocenters. The van der Waals surface area contributed by atoms with Gasteiger partial charge in [0.1, 0.15) is 22.0 Å². The van der Waals surface area contributed by atoms with Crippen molar-refractivity contribution in [2.75, 3.05) is 11.9 Å². The third-order valence-electron chi connectivity index (χ3n) is 5.69. The summed E-state index contributed by atoms with van der Waals surface area (Å²) < 4.78 is 39.2. The highest BCUT2D eigenvalue weighted by molar-refractivity contribution is 7.86. The van der Waals surface area contributed by atoms with Crippen LogP contribution in [0.3, 0.4) is 0 Å². The summed E-state index contributed by atoms with van der Waals surface area (Å²) in [4.78, 5) is 12.7. The van der Waals surface area contributed by atoms with E-state index in [4.69, 9.17) is 16.3 Å². The fraction of sp³-hybridized carbons (Fsp3) is 0.148. The van der Waals surface area contributed by atoms with Gasteiger partial charge in [-0.15, -0.1) is 10.2 Å². The van der Waals surface area contributed by atoms with E-state index in [-0.39, 0.29) is 22.0 Å². The third kappa shape index (κ3) is 5.77. The Kier molecular flexibility index (Phi) is 7.96. The van der Waals surface area contributed by atoms with Crippen LogP contribution in [-0.4, -0.2) is 30.6 Å². The minimum Gasteiger partial charge on any atom is -0.505 e. The molecule has 0 aromatic heterocycles. The van der Waals surface area contributed by atoms with Crippen molar-refractivity contribution < 1.29 is 27.6 Å². The molecule has 0 aliphatic rings. The summed E-state index contributed by atoms with van der Waals surface area (Å²) in [6, 6.07) is 17.7. The van der Waals surface area contributed by atoms with Gasteiger partial charge < -0.3 is 15.2 Å². The second-order valence-corrected chi connectivity index (χ2v) is 9.99. The summed E-state index contributed by atoms with van der Waals surface area (Å²) in [5, 5.41) is 23.2. The number of phenols is 1. The first-order valence-electron chi connectivity index (χ1n) is 11.6. The van der Waals surface area contributed by atoms with Crippen LogP contribution in [0.15, 0.2) is 81.9 Å². The summed E-state index contributed by atoms with van der Waals surface area (Å²) >= 11 is 6.24. The maximum Gasteiger partial charge on any atom is 0.296 e. The zero-order valence-corrected chi connectivity index (χ0v) is 22.0. The first kappa shape index (κ1) is 27.1. The van der Waals surface area contributed by atoms with Crippen LogP contribution < -0.4 is 10.1 Å². The van der Waals surface area contributed by atoms with Gasteiger partial charge in [-0.05, 0) is 54.6 Å². The Morgan fingerprint density at radius 1 is 1.03 bits per heavy atom. The van der Waals surface area contributed by atoms with Gasteiger partial charge >= 0.3 is 0 Å². The fourth-order valence-corrected chi connectivity index (χ4v) is 4.81. The number of ether oxygens (including phenoxy) is 1. The van der Waals surface area contributed by atoms with Crippen LogP contribution in [-0.2, 0) is 16.5 Å². The van der Waals surface area contributed by atoms with E-state index in [1.807, 2.05) is 6.92 Å². The van der Waals surface area contributed by atoms with Crippen LogP contribution in [0, 0.1) is 0 Å². The fourth-order valence-electron chi connectivity index (χ4n) is 3.87. The number of rotatable bonds is 8. The van der Waals surface area contributed by atoms with Crippen molar-refractivity contribution in [3.63, 3.8) is 0 Å². The molecule has 0 spiro atoms. The van der Waals surface area contributed by atoms with E-state index in [2.05, 4.69) is 15.5 Å². The normalized spacial score (nSPS) is 11.7. The Hall–Kier alpha value is -3.99. The van der Waals surface area contributed by atoms with Crippen LogP contribution in [0.1, 0.15) is 29.8 Å². The molecule has 0 aliphatic carbocycles. The van der Waals surface area contributed by atoms with Gasteiger partial charge in [-0.2, -0.15) is 8.42 Å².